The van der Waals surface area contributed by atoms with Crippen LogP contribution in [-0.4, -0.2) is 34.2 Å². The van der Waals surface area contributed by atoms with Crippen molar-refractivity contribution >= 4 is 11.8 Å². The normalized spacial score (nSPS) is 16.9. The van der Waals surface area contributed by atoms with Crippen molar-refractivity contribution in [2.75, 3.05) is 19.5 Å². The number of rotatable bonds is 7. The lowest BCUT2D eigenvalue weighted by atomic mass is 9.71. The molecular formula is C15H21N3O2S. The van der Waals surface area contributed by atoms with E-state index < -0.39 is 0 Å². The average molecular weight is 307 g/mol. The molecule has 5 nitrogen and oxygen atoms in total. The lowest BCUT2D eigenvalue weighted by Gasteiger charge is -2.40. The highest BCUT2D eigenvalue weighted by Crippen LogP contribution is 2.44. The third-order valence-electron chi connectivity index (χ3n) is 4.15. The van der Waals surface area contributed by atoms with Gasteiger partial charge in [0.15, 0.2) is 16.7 Å². The molecule has 114 valence electrons. The van der Waals surface area contributed by atoms with Gasteiger partial charge in [-0.2, -0.15) is 0 Å². The smallest absolute Gasteiger partial charge is 0.200 e. The van der Waals surface area contributed by atoms with Crippen LogP contribution in [0.3, 0.4) is 0 Å². The Balaban J connectivity index is 1.74. The lowest BCUT2D eigenvalue weighted by molar-refractivity contribution is 0.0371. The fraction of sp³-hybridized carbons (Fsp3) is 0.600. The minimum Gasteiger partial charge on any atom is -0.461 e. The fourth-order valence-corrected chi connectivity index (χ4v) is 4.08. The number of nitrogens with zero attached hydrogens (tertiary/aromatic N) is 3. The van der Waals surface area contributed by atoms with E-state index in [1.54, 1.807) is 25.1 Å². The van der Waals surface area contributed by atoms with Crippen LogP contribution in [0.15, 0.2) is 28.0 Å². The molecule has 3 rings (SSSR count). The minimum atomic E-state index is 0.328. The van der Waals surface area contributed by atoms with Crippen molar-refractivity contribution in [1.29, 1.82) is 0 Å². The van der Waals surface area contributed by atoms with Gasteiger partial charge in [0.1, 0.15) is 0 Å². The van der Waals surface area contributed by atoms with E-state index in [2.05, 4.69) is 21.7 Å². The zero-order valence-corrected chi connectivity index (χ0v) is 13.4. The Morgan fingerprint density at radius 2 is 2.29 bits per heavy atom. The number of ether oxygens (including phenoxy) is 1. The van der Waals surface area contributed by atoms with Crippen LogP contribution in [0, 0.1) is 5.41 Å². The van der Waals surface area contributed by atoms with Gasteiger partial charge in [0.25, 0.3) is 0 Å². The Morgan fingerprint density at radius 3 is 2.86 bits per heavy atom. The van der Waals surface area contributed by atoms with Gasteiger partial charge in [0.05, 0.1) is 12.9 Å². The molecular weight excluding hydrogens is 286 g/mol. The molecule has 1 saturated carbocycles. The maximum absolute atomic E-state index is 5.44. The first kappa shape index (κ1) is 14.7. The molecule has 0 radical (unpaired) electrons. The molecule has 1 fully saturated rings. The number of methoxy groups -OCH3 is 1. The molecule has 0 N–H and O–H groups in total. The number of hydrogen-bond acceptors (Lipinski definition) is 5. The molecule has 0 unspecified atom stereocenters. The minimum absolute atomic E-state index is 0.328. The Hall–Kier alpha value is -1.27. The maximum Gasteiger partial charge on any atom is 0.200 e. The van der Waals surface area contributed by atoms with Gasteiger partial charge in [-0.1, -0.05) is 18.2 Å². The summed E-state index contributed by atoms with van der Waals surface area (Å²) in [6, 6.07) is 3.79. The molecule has 0 spiro atoms. The molecule has 0 saturated heterocycles. The highest BCUT2D eigenvalue weighted by Gasteiger charge is 2.37. The van der Waals surface area contributed by atoms with Gasteiger partial charge in [-0.25, -0.2) is 0 Å². The van der Waals surface area contributed by atoms with Crippen LogP contribution in [0.25, 0.3) is 11.6 Å². The second kappa shape index (κ2) is 6.23. The summed E-state index contributed by atoms with van der Waals surface area (Å²) in [7, 11) is 1.79. The predicted octanol–water partition coefficient (Wildman–Crippen LogP) is 3.47. The molecule has 0 aliphatic heterocycles. The van der Waals surface area contributed by atoms with Crippen LogP contribution < -0.4 is 0 Å². The zero-order valence-electron chi connectivity index (χ0n) is 12.5. The van der Waals surface area contributed by atoms with E-state index in [0.29, 0.717) is 5.41 Å². The number of thioether (sulfide) groups is 1. The first-order chi connectivity index (χ1) is 10.3. The molecule has 1 aliphatic rings. The van der Waals surface area contributed by atoms with Crippen molar-refractivity contribution in [2.24, 2.45) is 5.41 Å². The number of aromatic nitrogens is 3. The van der Waals surface area contributed by atoms with Gasteiger partial charge in [-0.3, -0.25) is 4.57 Å². The number of furan rings is 1. The van der Waals surface area contributed by atoms with E-state index in [9.17, 15) is 0 Å². The molecule has 1 aliphatic carbocycles. The monoisotopic (exact) mass is 307 g/mol. The third-order valence-corrected chi connectivity index (χ3v) is 5.46. The van der Waals surface area contributed by atoms with Crippen LogP contribution in [0.2, 0.25) is 0 Å². The molecule has 2 heterocycles. The van der Waals surface area contributed by atoms with Crippen molar-refractivity contribution < 1.29 is 9.15 Å². The Bertz CT molecular complexity index is 576. The Labute approximate surface area is 129 Å². The maximum atomic E-state index is 5.44. The second-order valence-electron chi connectivity index (χ2n) is 5.60. The third kappa shape index (κ3) is 2.87. The summed E-state index contributed by atoms with van der Waals surface area (Å²) in [4.78, 5) is 0. The molecule has 0 bridgehead atoms. The first-order valence-corrected chi connectivity index (χ1v) is 8.35. The van der Waals surface area contributed by atoms with Crippen LogP contribution in [-0.2, 0) is 11.3 Å². The predicted molar refractivity (Wildman–Crippen MR) is 82.3 cm³/mol. The molecule has 21 heavy (non-hydrogen) atoms. The van der Waals surface area contributed by atoms with E-state index >= 15 is 0 Å². The van der Waals surface area contributed by atoms with E-state index in [4.69, 9.17) is 9.15 Å². The Kier molecular flexibility index (Phi) is 4.35. The van der Waals surface area contributed by atoms with E-state index in [-0.39, 0.29) is 0 Å². The summed E-state index contributed by atoms with van der Waals surface area (Å²) >= 11 is 1.78. The van der Waals surface area contributed by atoms with Gasteiger partial charge >= 0.3 is 0 Å². The molecule has 6 heteroatoms. The van der Waals surface area contributed by atoms with Gasteiger partial charge in [-0.15, -0.1) is 10.2 Å². The zero-order chi connectivity index (χ0) is 14.7. The molecule has 0 amide bonds. The fourth-order valence-electron chi connectivity index (χ4n) is 2.80. The number of hydrogen-bond donors (Lipinski definition) is 0. The van der Waals surface area contributed by atoms with Crippen LogP contribution in [0.4, 0.5) is 0 Å². The summed E-state index contributed by atoms with van der Waals surface area (Å²) in [5.74, 6) is 2.61. The SMILES string of the molecule is CCn1c(SCC2(COC)CCC2)nnc1-c1ccco1. The second-order valence-corrected chi connectivity index (χ2v) is 6.55. The quantitative estimate of drug-likeness (QED) is 0.733. The van der Waals surface area contributed by atoms with Gasteiger partial charge in [-0.05, 0) is 31.9 Å². The summed E-state index contributed by atoms with van der Waals surface area (Å²) < 4.78 is 12.9. The van der Waals surface area contributed by atoms with E-state index in [1.165, 1.54) is 19.3 Å². The highest BCUT2D eigenvalue weighted by atomic mass is 32.2. The van der Waals surface area contributed by atoms with Gasteiger partial charge in [0.2, 0.25) is 0 Å². The summed E-state index contributed by atoms with van der Waals surface area (Å²) in [5, 5.41) is 9.59. The molecule has 0 atom stereocenters. The van der Waals surface area contributed by atoms with Crippen molar-refractivity contribution in [3.8, 4) is 11.6 Å². The molecule has 2 aromatic rings. The topological polar surface area (TPSA) is 53.1 Å². The standard InChI is InChI=1S/C15H21N3O2S/c1-3-18-13(12-6-4-9-20-12)16-17-14(18)21-11-15(10-19-2)7-5-8-15/h4,6,9H,3,5,7-8,10-11H2,1-2H3. The van der Waals surface area contributed by atoms with Crippen molar-refractivity contribution in [3.63, 3.8) is 0 Å². The summed E-state index contributed by atoms with van der Waals surface area (Å²) in [6.45, 7) is 3.78. The molecule has 0 aromatic carbocycles. The van der Waals surface area contributed by atoms with Gasteiger partial charge in [0, 0.05) is 24.8 Å². The van der Waals surface area contributed by atoms with Crippen molar-refractivity contribution in [1.82, 2.24) is 14.8 Å². The van der Waals surface area contributed by atoms with E-state index in [0.717, 1.165) is 35.6 Å². The van der Waals surface area contributed by atoms with Crippen LogP contribution in [0.1, 0.15) is 26.2 Å². The molecule has 2 aromatic heterocycles. The average Bonchev–Trinajstić information content (AvgIpc) is 3.09. The van der Waals surface area contributed by atoms with E-state index in [1.807, 2.05) is 12.1 Å². The van der Waals surface area contributed by atoms with Crippen molar-refractivity contribution in [2.45, 2.75) is 37.9 Å². The first-order valence-electron chi connectivity index (χ1n) is 7.37. The Morgan fingerprint density at radius 1 is 1.43 bits per heavy atom. The largest absolute Gasteiger partial charge is 0.461 e. The van der Waals surface area contributed by atoms with Crippen LogP contribution in [0.5, 0.6) is 0 Å². The highest BCUT2D eigenvalue weighted by molar-refractivity contribution is 7.99. The van der Waals surface area contributed by atoms with Crippen molar-refractivity contribution in [3.05, 3.63) is 18.4 Å². The van der Waals surface area contributed by atoms with Gasteiger partial charge < -0.3 is 9.15 Å². The summed E-state index contributed by atoms with van der Waals surface area (Å²) in [6.07, 6.45) is 5.47. The van der Waals surface area contributed by atoms with Crippen LogP contribution >= 0.6 is 11.8 Å². The summed E-state index contributed by atoms with van der Waals surface area (Å²) in [5.41, 5.74) is 0.328. The lowest BCUT2D eigenvalue weighted by Crippen LogP contribution is -2.36.